The number of aromatic nitrogens is 1. The third kappa shape index (κ3) is 2.65. The van der Waals surface area contributed by atoms with Gasteiger partial charge in [0.2, 0.25) is 0 Å². The normalized spacial score (nSPS) is 25.3. The van der Waals surface area contributed by atoms with Crippen LogP contribution in [0, 0.1) is 5.92 Å². The Morgan fingerprint density at radius 3 is 3.06 bits per heavy atom. The summed E-state index contributed by atoms with van der Waals surface area (Å²) in [7, 11) is 2.12. The minimum atomic E-state index is 0.236. The van der Waals surface area contributed by atoms with Crippen LogP contribution in [0.15, 0.2) is 18.5 Å². The predicted molar refractivity (Wildman–Crippen MR) is 68.7 cm³/mol. The van der Waals surface area contributed by atoms with E-state index in [1.54, 1.807) is 0 Å². The van der Waals surface area contributed by atoms with Crippen molar-refractivity contribution >= 4 is 5.78 Å². The molecule has 1 atom stereocenters. The van der Waals surface area contributed by atoms with Crippen molar-refractivity contribution in [2.75, 3.05) is 26.7 Å². The van der Waals surface area contributed by atoms with Gasteiger partial charge in [-0.3, -0.25) is 4.79 Å². The number of carbonyl (C=O) groups excluding carboxylic acids is 1. The van der Waals surface area contributed by atoms with Gasteiger partial charge in [0.25, 0.3) is 0 Å². The molecule has 1 saturated carbocycles. The summed E-state index contributed by atoms with van der Waals surface area (Å²) in [4.78, 5) is 14.2. The number of Topliss-reactive ketones (excluding diaryl/α,β-unsaturated/α-hetero) is 1. The van der Waals surface area contributed by atoms with Crippen LogP contribution in [0.4, 0.5) is 0 Å². The highest BCUT2D eigenvalue weighted by atomic mass is 16.5. The largest absolute Gasteiger partial charge is 0.374 e. The zero-order valence-electron chi connectivity index (χ0n) is 10.8. The zero-order valence-corrected chi connectivity index (χ0v) is 10.8. The molecule has 2 fully saturated rings. The molecular weight excluding hydrogens is 228 g/mol. The highest BCUT2D eigenvalue weighted by molar-refractivity contribution is 5.99. The predicted octanol–water partition coefficient (Wildman–Crippen LogP) is 1.41. The van der Waals surface area contributed by atoms with Crippen molar-refractivity contribution in [3.63, 3.8) is 0 Å². The maximum atomic E-state index is 11.9. The van der Waals surface area contributed by atoms with Gasteiger partial charge in [-0.15, -0.1) is 0 Å². The van der Waals surface area contributed by atoms with Crippen LogP contribution in [0.2, 0.25) is 0 Å². The van der Waals surface area contributed by atoms with Crippen LogP contribution in [-0.2, 0) is 11.3 Å². The molecular formula is C14H20N2O2. The molecule has 0 N–H and O–H groups in total. The summed E-state index contributed by atoms with van der Waals surface area (Å²) in [5.41, 5.74) is 0.863. The van der Waals surface area contributed by atoms with Crippen LogP contribution in [0.5, 0.6) is 0 Å². The third-order valence-electron chi connectivity index (χ3n) is 3.74. The third-order valence-corrected chi connectivity index (χ3v) is 3.74. The van der Waals surface area contributed by atoms with Gasteiger partial charge in [0.1, 0.15) is 0 Å². The summed E-state index contributed by atoms with van der Waals surface area (Å²) in [5.74, 6) is 0.619. The molecule has 1 aliphatic heterocycles. The SMILES string of the molecule is CN1CCOC(Cn2ccc(C(=O)C3CC3)c2)C1. The molecule has 0 spiro atoms. The van der Waals surface area contributed by atoms with Crippen molar-refractivity contribution in [1.29, 1.82) is 0 Å². The van der Waals surface area contributed by atoms with Gasteiger partial charge >= 0.3 is 0 Å². The van der Waals surface area contributed by atoms with E-state index in [0.29, 0.717) is 11.7 Å². The molecule has 98 valence electrons. The van der Waals surface area contributed by atoms with E-state index in [1.807, 2.05) is 18.5 Å². The molecule has 2 heterocycles. The Balaban J connectivity index is 1.60. The first-order valence-electron chi connectivity index (χ1n) is 6.72. The van der Waals surface area contributed by atoms with E-state index in [1.165, 1.54) is 0 Å². The van der Waals surface area contributed by atoms with Gasteiger partial charge < -0.3 is 14.2 Å². The lowest BCUT2D eigenvalue weighted by molar-refractivity contribution is -0.0274. The van der Waals surface area contributed by atoms with Crippen LogP contribution in [0.25, 0.3) is 0 Å². The summed E-state index contributed by atoms with van der Waals surface area (Å²) >= 11 is 0. The summed E-state index contributed by atoms with van der Waals surface area (Å²) < 4.78 is 7.82. The second-order valence-corrected chi connectivity index (χ2v) is 5.49. The highest BCUT2D eigenvalue weighted by Gasteiger charge is 2.30. The Morgan fingerprint density at radius 2 is 2.33 bits per heavy atom. The Morgan fingerprint density at radius 1 is 1.50 bits per heavy atom. The molecule has 1 aromatic rings. The average molecular weight is 248 g/mol. The van der Waals surface area contributed by atoms with Crippen molar-refractivity contribution in [2.45, 2.75) is 25.5 Å². The van der Waals surface area contributed by atoms with Gasteiger partial charge in [-0.05, 0) is 26.0 Å². The molecule has 1 unspecified atom stereocenters. The number of hydrogen-bond donors (Lipinski definition) is 0. The van der Waals surface area contributed by atoms with Gasteiger partial charge in [-0.2, -0.15) is 0 Å². The van der Waals surface area contributed by atoms with Crippen molar-refractivity contribution in [1.82, 2.24) is 9.47 Å². The first-order valence-corrected chi connectivity index (χ1v) is 6.72. The number of likely N-dealkylation sites (N-methyl/N-ethyl adjacent to an activating group) is 1. The van der Waals surface area contributed by atoms with Crippen molar-refractivity contribution in [3.05, 3.63) is 24.0 Å². The second-order valence-electron chi connectivity index (χ2n) is 5.49. The lowest BCUT2D eigenvalue weighted by atomic mass is 10.1. The van der Waals surface area contributed by atoms with Crippen molar-refractivity contribution in [3.8, 4) is 0 Å². The Kier molecular flexibility index (Phi) is 3.22. The number of rotatable bonds is 4. The Labute approximate surface area is 108 Å². The van der Waals surface area contributed by atoms with E-state index in [-0.39, 0.29) is 6.10 Å². The monoisotopic (exact) mass is 248 g/mol. The van der Waals surface area contributed by atoms with E-state index in [4.69, 9.17) is 4.74 Å². The van der Waals surface area contributed by atoms with E-state index >= 15 is 0 Å². The standard InChI is InChI=1S/C14H20N2O2/c1-15-6-7-18-13(9-15)10-16-5-4-12(8-16)14(17)11-2-3-11/h4-5,8,11,13H,2-3,6-7,9-10H2,1H3. The quantitative estimate of drug-likeness (QED) is 0.756. The number of nitrogens with zero attached hydrogens (tertiary/aromatic N) is 2. The number of morpholine rings is 1. The minimum Gasteiger partial charge on any atom is -0.374 e. The molecule has 1 aromatic heterocycles. The van der Waals surface area contributed by atoms with E-state index < -0.39 is 0 Å². The summed E-state index contributed by atoms with van der Waals surface area (Å²) in [6.07, 6.45) is 6.34. The lowest BCUT2D eigenvalue weighted by Crippen LogP contribution is -2.41. The first kappa shape index (κ1) is 11.9. The molecule has 0 amide bonds. The van der Waals surface area contributed by atoms with Gasteiger partial charge in [-0.1, -0.05) is 0 Å². The molecule has 3 rings (SSSR count). The van der Waals surface area contributed by atoms with Crippen molar-refractivity contribution < 1.29 is 9.53 Å². The zero-order chi connectivity index (χ0) is 12.5. The molecule has 0 bridgehead atoms. The molecule has 0 radical (unpaired) electrons. The highest BCUT2D eigenvalue weighted by Crippen LogP contribution is 2.32. The van der Waals surface area contributed by atoms with Gasteiger partial charge in [-0.25, -0.2) is 0 Å². The van der Waals surface area contributed by atoms with Gasteiger partial charge in [0.05, 0.1) is 12.7 Å². The average Bonchev–Trinajstić information content (AvgIpc) is 3.09. The minimum absolute atomic E-state index is 0.236. The number of carbonyl (C=O) groups is 1. The Hall–Kier alpha value is -1.13. The molecule has 0 aromatic carbocycles. The maximum absolute atomic E-state index is 11.9. The smallest absolute Gasteiger partial charge is 0.167 e. The summed E-state index contributed by atoms with van der Waals surface area (Å²) in [6, 6.07) is 1.94. The number of hydrogen-bond acceptors (Lipinski definition) is 3. The number of ketones is 1. The molecule has 1 aliphatic carbocycles. The van der Waals surface area contributed by atoms with E-state index in [9.17, 15) is 4.79 Å². The summed E-state index contributed by atoms with van der Waals surface area (Å²) in [6.45, 7) is 3.61. The van der Waals surface area contributed by atoms with Crippen LogP contribution in [-0.4, -0.2) is 48.1 Å². The molecule has 1 saturated heterocycles. The van der Waals surface area contributed by atoms with Crippen LogP contribution < -0.4 is 0 Å². The molecule has 2 aliphatic rings. The van der Waals surface area contributed by atoms with Crippen LogP contribution >= 0.6 is 0 Å². The maximum Gasteiger partial charge on any atom is 0.167 e. The fraction of sp³-hybridized carbons (Fsp3) is 0.643. The fourth-order valence-corrected chi connectivity index (χ4v) is 2.49. The second kappa shape index (κ2) is 4.86. The lowest BCUT2D eigenvalue weighted by Gasteiger charge is -2.30. The Bertz CT molecular complexity index is 437. The fourth-order valence-electron chi connectivity index (χ4n) is 2.49. The molecule has 4 nitrogen and oxygen atoms in total. The van der Waals surface area contributed by atoms with Gasteiger partial charge in [0.15, 0.2) is 5.78 Å². The van der Waals surface area contributed by atoms with Gasteiger partial charge in [0, 0.05) is 43.5 Å². The van der Waals surface area contributed by atoms with Crippen LogP contribution in [0.1, 0.15) is 23.2 Å². The van der Waals surface area contributed by atoms with E-state index in [0.717, 1.165) is 44.6 Å². The molecule has 18 heavy (non-hydrogen) atoms. The number of ether oxygens (including phenoxy) is 1. The molecule has 4 heteroatoms. The van der Waals surface area contributed by atoms with Crippen LogP contribution in [0.3, 0.4) is 0 Å². The van der Waals surface area contributed by atoms with Crippen molar-refractivity contribution in [2.24, 2.45) is 5.92 Å². The first-order chi connectivity index (χ1) is 8.72. The summed E-state index contributed by atoms with van der Waals surface area (Å²) in [5, 5.41) is 0. The topological polar surface area (TPSA) is 34.5 Å². The van der Waals surface area contributed by atoms with E-state index in [2.05, 4.69) is 16.5 Å².